The Morgan fingerprint density at radius 2 is 2.12 bits per heavy atom. The molecule has 17 heavy (non-hydrogen) atoms. The van der Waals surface area contributed by atoms with Crippen LogP contribution in [0.2, 0.25) is 0 Å². The van der Waals surface area contributed by atoms with Crippen molar-refractivity contribution in [3.63, 3.8) is 0 Å². The highest BCUT2D eigenvalue weighted by Gasteiger charge is 2.16. The lowest BCUT2D eigenvalue weighted by Crippen LogP contribution is -2.17. The van der Waals surface area contributed by atoms with Crippen molar-refractivity contribution in [1.82, 2.24) is 4.98 Å². The molecule has 0 unspecified atom stereocenters. The molecule has 0 radical (unpaired) electrons. The molecule has 0 aliphatic heterocycles. The van der Waals surface area contributed by atoms with Crippen LogP contribution in [0.15, 0.2) is 41.1 Å². The molecule has 1 aromatic carbocycles. The van der Waals surface area contributed by atoms with Gasteiger partial charge in [0.25, 0.3) is 0 Å². The van der Waals surface area contributed by atoms with Crippen molar-refractivity contribution in [3.05, 3.63) is 48.2 Å². The summed E-state index contributed by atoms with van der Waals surface area (Å²) in [5.41, 5.74) is 0.952. The van der Waals surface area contributed by atoms with Gasteiger partial charge in [-0.25, -0.2) is 9.78 Å². The van der Waals surface area contributed by atoms with Gasteiger partial charge in [-0.2, -0.15) is 0 Å². The Morgan fingerprint density at radius 3 is 2.76 bits per heavy atom. The van der Waals surface area contributed by atoms with E-state index in [0.717, 1.165) is 12.1 Å². The van der Waals surface area contributed by atoms with E-state index < -0.39 is 5.97 Å². The molecule has 2 rings (SSSR count). The van der Waals surface area contributed by atoms with E-state index in [0.29, 0.717) is 12.3 Å². The first-order valence-electron chi connectivity index (χ1n) is 5.10. The average Bonchev–Trinajstić information content (AvgIpc) is 2.78. The number of oxazole rings is 1. The predicted molar refractivity (Wildman–Crippen MR) is 62.0 cm³/mol. The van der Waals surface area contributed by atoms with Crippen LogP contribution in [0.1, 0.15) is 16.2 Å². The van der Waals surface area contributed by atoms with Crippen molar-refractivity contribution in [2.45, 2.75) is 6.54 Å². The summed E-state index contributed by atoms with van der Waals surface area (Å²) >= 11 is 0. The third-order valence-electron chi connectivity index (χ3n) is 2.42. The standard InChI is InChI=1S/C12H12N2O3/c1-14(9-5-3-2-4-6-9)7-10-11(12(15)16)13-8-17-10/h2-6,8H,7H2,1H3,(H,15,16). The molecule has 0 saturated carbocycles. The van der Waals surface area contributed by atoms with E-state index in [1.165, 1.54) is 0 Å². The van der Waals surface area contributed by atoms with Crippen molar-refractivity contribution >= 4 is 11.7 Å². The smallest absolute Gasteiger partial charge is 0.358 e. The molecular formula is C12H12N2O3. The molecule has 0 amide bonds. The SMILES string of the molecule is CN(Cc1ocnc1C(=O)O)c1ccccc1. The molecule has 5 nitrogen and oxygen atoms in total. The number of benzene rings is 1. The molecular weight excluding hydrogens is 220 g/mol. The van der Waals surface area contributed by atoms with Crippen LogP contribution < -0.4 is 4.90 Å². The fourth-order valence-corrected chi connectivity index (χ4v) is 1.55. The summed E-state index contributed by atoms with van der Waals surface area (Å²) in [5, 5.41) is 8.90. The first-order chi connectivity index (χ1) is 8.18. The van der Waals surface area contributed by atoms with Crippen molar-refractivity contribution in [2.24, 2.45) is 0 Å². The number of carboxylic acid groups (broad SMARTS) is 1. The normalized spacial score (nSPS) is 10.2. The summed E-state index contributed by atoms with van der Waals surface area (Å²) in [6, 6.07) is 9.65. The summed E-state index contributed by atoms with van der Waals surface area (Å²) in [4.78, 5) is 16.4. The Morgan fingerprint density at radius 1 is 1.41 bits per heavy atom. The second-order valence-electron chi connectivity index (χ2n) is 3.62. The lowest BCUT2D eigenvalue weighted by Gasteiger charge is -2.17. The first-order valence-corrected chi connectivity index (χ1v) is 5.10. The fourth-order valence-electron chi connectivity index (χ4n) is 1.55. The van der Waals surface area contributed by atoms with Crippen molar-refractivity contribution in [1.29, 1.82) is 0 Å². The van der Waals surface area contributed by atoms with E-state index in [9.17, 15) is 4.79 Å². The molecule has 0 saturated heterocycles. The monoisotopic (exact) mass is 232 g/mol. The zero-order valence-electron chi connectivity index (χ0n) is 9.33. The molecule has 0 aliphatic carbocycles. The highest BCUT2D eigenvalue weighted by molar-refractivity contribution is 5.86. The number of aromatic carboxylic acids is 1. The quantitative estimate of drug-likeness (QED) is 0.873. The maximum atomic E-state index is 10.9. The molecule has 88 valence electrons. The number of rotatable bonds is 4. The molecule has 0 aliphatic rings. The third-order valence-corrected chi connectivity index (χ3v) is 2.42. The van der Waals surface area contributed by atoms with Gasteiger partial charge in [0.15, 0.2) is 17.8 Å². The van der Waals surface area contributed by atoms with E-state index in [-0.39, 0.29) is 5.69 Å². The minimum atomic E-state index is -1.07. The number of carbonyl (C=O) groups is 1. The average molecular weight is 232 g/mol. The Balaban J connectivity index is 2.16. The summed E-state index contributed by atoms with van der Waals surface area (Å²) in [7, 11) is 1.86. The maximum Gasteiger partial charge on any atom is 0.358 e. The van der Waals surface area contributed by atoms with Crippen LogP contribution in [-0.2, 0) is 6.54 Å². The van der Waals surface area contributed by atoms with Crippen LogP contribution in [0, 0.1) is 0 Å². The van der Waals surface area contributed by atoms with Gasteiger partial charge in [0.2, 0.25) is 0 Å². The number of carboxylic acids is 1. The highest BCUT2D eigenvalue weighted by Crippen LogP contribution is 2.16. The predicted octanol–water partition coefficient (Wildman–Crippen LogP) is 2.01. The molecule has 0 atom stereocenters. The van der Waals surface area contributed by atoms with Gasteiger partial charge in [-0.3, -0.25) is 0 Å². The topological polar surface area (TPSA) is 66.6 Å². The van der Waals surface area contributed by atoms with Gasteiger partial charge >= 0.3 is 5.97 Å². The molecule has 0 spiro atoms. The van der Waals surface area contributed by atoms with Gasteiger partial charge < -0.3 is 14.4 Å². The lowest BCUT2D eigenvalue weighted by molar-refractivity contribution is 0.0689. The van der Waals surface area contributed by atoms with Crippen molar-refractivity contribution < 1.29 is 14.3 Å². The molecule has 1 heterocycles. The zero-order chi connectivity index (χ0) is 12.3. The first kappa shape index (κ1) is 11.2. The highest BCUT2D eigenvalue weighted by atomic mass is 16.4. The Kier molecular flexibility index (Phi) is 3.09. The Labute approximate surface area is 98.3 Å². The minimum absolute atomic E-state index is 0.0345. The molecule has 1 N–H and O–H groups in total. The molecule has 0 fully saturated rings. The minimum Gasteiger partial charge on any atom is -0.476 e. The van der Waals surface area contributed by atoms with Gasteiger partial charge in [0.05, 0.1) is 6.54 Å². The van der Waals surface area contributed by atoms with E-state index in [1.54, 1.807) is 0 Å². The molecule has 5 heteroatoms. The second-order valence-corrected chi connectivity index (χ2v) is 3.62. The van der Waals surface area contributed by atoms with Crippen LogP contribution in [0.5, 0.6) is 0 Å². The van der Waals surface area contributed by atoms with Crippen LogP contribution in [0.3, 0.4) is 0 Å². The summed E-state index contributed by atoms with van der Waals surface area (Å²) in [6.45, 7) is 0.367. The maximum absolute atomic E-state index is 10.9. The number of aromatic nitrogens is 1. The molecule has 1 aromatic heterocycles. The summed E-state index contributed by atoms with van der Waals surface area (Å²) in [6.07, 6.45) is 1.15. The second kappa shape index (κ2) is 4.69. The van der Waals surface area contributed by atoms with Crippen molar-refractivity contribution in [3.8, 4) is 0 Å². The lowest BCUT2D eigenvalue weighted by atomic mass is 10.2. The van der Waals surface area contributed by atoms with Crippen LogP contribution >= 0.6 is 0 Å². The third kappa shape index (κ3) is 2.44. The molecule has 2 aromatic rings. The van der Waals surface area contributed by atoms with Crippen LogP contribution in [0.25, 0.3) is 0 Å². The number of anilines is 1. The number of nitrogens with zero attached hydrogens (tertiary/aromatic N) is 2. The van der Waals surface area contributed by atoms with Crippen LogP contribution in [-0.4, -0.2) is 23.1 Å². The molecule has 0 bridgehead atoms. The van der Waals surface area contributed by atoms with Gasteiger partial charge in [0, 0.05) is 12.7 Å². The van der Waals surface area contributed by atoms with E-state index in [2.05, 4.69) is 4.98 Å². The number of hydrogen-bond acceptors (Lipinski definition) is 4. The fraction of sp³-hybridized carbons (Fsp3) is 0.167. The van der Waals surface area contributed by atoms with Gasteiger partial charge in [-0.15, -0.1) is 0 Å². The van der Waals surface area contributed by atoms with Crippen LogP contribution in [0.4, 0.5) is 5.69 Å². The van der Waals surface area contributed by atoms with E-state index in [1.807, 2.05) is 42.3 Å². The largest absolute Gasteiger partial charge is 0.476 e. The van der Waals surface area contributed by atoms with Gasteiger partial charge in [-0.1, -0.05) is 18.2 Å². The van der Waals surface area contributed by atoms with Gasteiger partial charge in [-0.05, 0) is 12.1 Å². The van der Waals surface area contributed by atoms with E-state index in [4.69, 9.17) is 9.52 Å². The number of hydrogen-bond donors (Lipinski definition) is 1. The van der Waals surface area contributed by atoms with E-state index >= 15 is 0 Å². The number of para-hydroxylation sites is 1. The van der Waals surface area contributed by atoms with Gasteiger partial charge in [0.1, 0.15) is 0 Å². The zero-order valence-corrected chi connectivity index (χ0v) is 9.33. The Hall–Kier alpha value is -2.30. The van der Waals surface area contributed by atoms with Crippen molar-refractivity contribution in [2.75, 3.05) is 11.9 Å². The Bertz CT molecular complexity index is 507. The summed E-state index contributed by atoms with van der Waals surface area (Å²) < 4.78 is 5.08. The summed E-state index contributed by atoms with van der Waals surface area (Å²) in [5.74, 6) is -0.723.